The highest BCUT2D eigenvalue weighted by Crippen LogP contribution is 2.09. The number of H-pyrrole nitrogens is 1. The van der Waals surface area contributed by atoms with Crippen LogP contribution in [0.4, 0.5) is 5.69 Å². The largest absolute Gasteiger partial charge is 0.321 e. The molecule has 142 valence electrons. The van der Waals surface area contributed by atoms with Crippen molar-refractivity contribution in [1.29, 1.82) is 5.26 Å². The number of fused-ring (bicyclic) bond motifs is 1. The Hall–Kier alpha value is -3.50. The quantitative estimate of drug-likeness (QED) is 0.573. The van der Waals surface area contributed by atoms with Gasteiger partial charge in [0.1, 0.15) is 6.54 Å². The van der Waals surface area contributed by atoms with Crippen molar-refractivity contribution in [3.8, 4) is 6.07 Å². The van der Waals surface area contributed by atoms with Gasteiger partial charge in [-0.15, -0.1) is 0 Å². The van der Waals surface area contributed by atoms with Crippen LogP contribution in [0, 0.1) is 11.3 Å². The Morgan fingerprint density at radius 2 is 1.96 bits per heavy atom. The second kappa shape index (κ2) is 8.93. The number of anilines is 1. The minimum atomic E-state index is -0.169. The van der Waals surface area contributed by atoms with Crippen molar-refractivity contribution in [2.24, 2.45) is 0 Å². The number of benzene rings is 2. The molecule has 0 spiro atoms. The van der Waals surface area contributed by atoms with Gasteiger partial charge in [-0.2, -0.15) is 5.26 Å². The number of carbonyl (C=O) groups excluding carboxylic acids is 1. The highest BCUT2D eigenvalue weighted by atomic mass is 16.2. The van der Waals surface area contributed by atoms with Crippen molar-refractivity contribution < 1.29 is 9.69 Å². The first kappa shape index (κ1) is 19.3. The predicted molar refractivity (Wildman–Crippen MR) is 107 cm³/mol. The van der Waals surface area contributed by atoms with Gasteiger partial charge in [-0.05, 0) is 36.8 Å². The van der Waals surface area contributed by atoms with Crippen molar-refractivity contribution in [2.45, 2.75) is 19.9 Å². The van der Waals surface area contributed by atoms with Crippen LogP contribution in [-0.2, 0) is 17.8 Å². The standard InChI is InChI=1S/C21H21N5O2/c1-2-26(13-19-24-18-6-4-3-5-17(18)21(28)25-19)14-20(27)23-16-9-7-15(8-10-16)11-12-22/h3-10H,2,11,13-14H2,1H3,(H,23,27)(H,24,25,28)/p+1. The number of para-hydroxylation sites is 1. The van der Waals surface area contributed by atoms with Crippen LogP contribution in [0.3, 0.4) is 0 Å². The van der Waals surface area contributed by atoms with Crippen molar-refractivity contribution in [3.63, 3.8) is 0 Å². The van der Waals surface area contributed by atoms with Crippen molar-refractivity contribution in [3.05, 3.63) is 70.3 Å². The van der Waals surface area contributed by atoms with Crippen molar-refractivity contribution in [2.75, 3.05) is 18.4 Å². The van der Waals surface area contributed by atoms with Gasteiger partial charge in [0, 0.05) is 5.69 Å². The monoisotopic (exact) mass is 376 g/mol. The lowest BCUT2D eigenvalue weighted by Crippen LogP contribution is -3.11. The third-order valence-corrected chi connectivity index (χ3v) is 4.51. The Labute approximate surface area is 162 Å². The molecule has 7 heteroatoms. The van der Waals surface area contributed by atoms with E-state index in [1.165, 1.54) is 0 Å². The third-order valence-electron chi connectivity index (χ3n) is 4.51. The lowest BCUT2D eigenvalue weighted by Gasteiger charge is -2.17. The van der Waals surface area contributed by atoms with Crippen LogP contribution < -0.4 is 15.8 Å². The highest BCUT2D eigenvalue weighted by molar-refractivity contribution is 5.91. The van der Waals surface area contributed by atoms with Gasteiger partial charge in [-0.25, -0.2) is 4.98 Å². The van der Waals surface area contributed by atoms with E-state index in [2.05, 4.69) is 21.4 Å². The van der Waals surface area contributed by atoms with Gasteiger partial charge in [0.25, 0.3) is 11.5 Å². The van der Waals surface area contributed by atoms with Crippen LogP contribution in [-0.4, -0.2) is 29.0 Å². The molecule has 1 amide bonds. The Balaban J connectivity index is 1.64. The Kier molecular flexibility index (Phi) is 6.14. The molecule has 0 saturated carbocycles. The number of quaternary nitrogens is 1. The fourth-order valence-corrected chi connectivity index (χ4v) is 3.00. The lowest BCUT2D eigenvalue weighted by atomic mass is 10.1. The van der Waals surface area contributed by atoms with Gasteiger partial charge in [0.2, 0.25) is 0 Å². The van der Waals surface area contributed by atoms with Crippen molar-refractivity contribution >= 4 is 22.5 Å². The van der Waals surface area contributed by atoms with Crippen LogP contribution in [0.15, 0.2) is 53.3 Å². The van der Waals surface area contributed by atoms with Crippen molar-refractivity contribution in [1.82, 2.24) is 9.97 Å². The number of hydrogen-bond acceptors (Lipinski definition) is 4. The fourth-order valence-electron chi connectivity index (χ4n) is 3.00. The van der Waals surface area contributed by atoms with E-state index >= 15 is 0 Å². The summed E-state index contributed by atoms with van der Waals surface area (Å²) in [6, 6.07) is 16.5. The first-order chi connectivity index (χ1) is 13.6. The smallest absolute Gasteiger partial charge is 0.279 e. The van der Waals surface area contributed by atoms with Crippen LogP contribution >= 0.6 is 0 Å². The molecule has 0 aliphatic carbocycles. The van der Waals surface area contributed by atoms with Gasteiger partial charge in [-0.3, -0.25) is 9.59 Å². The SMILES string of the molecule is CC[NH+](CC(=O)Nc1ccc(CC#N)cc1)Cc1nc2ccccc2c(=O)[nH]1. The van der Waals surface area contributed by atoms with Gasteiger partial charge >= 0.3 is 0 Å². The molecule has 1 heterocycles. The molecule has 0 fully saturated rings. The molecule has 3 aromatic rings. The summed E-state index contributed by atoms with van der Waals surface area (Å²) in [5.74, 6) is 0.447. The molecule has 0 saturated heterocycles. The van der Waals surface area contributed by atoms with Crippen LogP contribution in [0.5, 0.6) is 0 Å². The zero-order valence-corrected chi connectivity index (χ0v) is 15.7. The number of aromatic amines is 1. The number of rotatable bonds is 7. The molecule has 3 N–H and O–H groups in total. The molecule has 28 heavy (non-hydrogen) atoms. The predicted octanol–water partition coefficient (Wildman–Crippen LogP) is 1.03. The molecule has 0 radical (unpaired) electrons. The molecule has 1 unspecified atom stereocenters. The summed E-state index contributed by atoms with van der Waals surface area (Å²) in [6.07, 6.45) is 0.346. The number of aromatic nitrogens is 2. The van der Waals surface area contributed by atoms with E-state index in [4.69, 9.17) is 5.26 Å². The first-order valence-corrected chi connectivity index (χ1v) is 9.16. The molecule has 0 aliphatic rings. The van der Waals surface area contributed by atoms with Gasteiger partial charge < -0.3 is 15.2 Å². The topological polar surface area (TPSA) is 103 Å². The molecule has 7 nitrogen and oxygen atoms in total. The fraction of sp³-hybridized carbons (Fsp3) is 0.238. The Morgan fingerprint density at radius 1 is 1.21 bits per heavy atom. The number of nitriles is 1. The molecular formula is C21H22N5O2+. The van der Waals surface area contributed by atoms with E-state index in [-0.39, 0.29) is 18.0 Å². The minimum absolute atomic E-state index is 0.118. The molecule has 2 aromatic carbocycles. The summed E-state index contributed by atoms with van der Waals surface area (Å²) in [7, 11) is 0. The first-order valence-electron chi connectivity index (χ1n) is 9.16. The summed E-state index contributed by atoms with van der Waals surface area (Å²) in [5.41, 5.74) is 2.09. The number of nitrogens with one attached hydrogen (secondary N) is 3. The van der Waals surface area contributed by atoms with E-state index in [9.17, 15) is 9.59 Å². The van der Waals surface area contributed by atoms with E-state index < -0.39 is 0 Å². The number of likely N-dealkylation sites (N-methyl/N-ethyl adjacent to an activating group) is 1. The second-order valence-corrected chi connectivity index (χ2v) is 6.57. The minimum Gasteiger partial charge on any atom is -0.321 e. The number of amides is 1. The number of carbonyl (C=O) groups is 1. The molecule has 3 rings (SSSR count). The summed E-state index contributed by atoms with van der Waals surface area (Å²) in [5, 5.41) is 12.1. The highest BCUT2D eigenvalue weighted by Gasteiger charge is 2.15. The number of nitrogens with zero attached hydrogens (tertiary/aromatic N) is 2. The summed E-state index contributed by atoms with van der Waals surface area (Å²) < 4.78 is 0. The van der Waals surface area contributed by atoms with Crippen LogP contribution in [0.1, 0.15) is 18.3 Å². The summed E-state index contributed by atoms with van der Waals surface area (Å²) in [4.78, 5) is 32.9. The maximum Gasteiger partial charge on any atom is 0.279 e. The van der Waals surface area contributed by atoms with Crippen LogP contribution in [0.2, 0.25) is 0 Å². The molecule has 0 bridgehead atoms. The molecular weight excluding hydrogens is 354 g/mol. The summed E-state index contributed by atoms with van der Waals surface area (Å²) in [6.45, 7) is 3.40. The lowest BCUT2D eigenvalue weighted by molar-refractivity contribution is -0.904. The zero-order chi connectivity index (χ0) is 19.9. The molecule has 1 atom stereocenters. The average Bonchev–Trinajstić information content (AvgIpc) is 2.69. The van der Waals surface area contributed by atoms with E-state index in [1.807, 2.05) is 31.2 Å². The molecule has 0 aliphatic heterocycles. The average molecular weight is 376 g/mol. The normalized spacial score (nSPS) is 11.7. The van der Waals surface area contributed by atoms with E-state index in [1.54, 1.807) is 24.3 Å². The Bertz CT molecular complexity index is 1070. The Morgan fingerprint density at radius 3 is 2.68 bits per heavy atom. The van der Waals surface area contributed by atoms with Gasteiger partial charge in [-0.1, -0.05) is 24.3 Å². The summed E-state index contributed by atoms with van der Waals surface area (Å²) >= 11 is 0. The number of hydrogen-bond donors (Lipinski definition) is 3. The maximum atomic E-state index is 12.4. The van der Waals surface area contributed by atoms with Gasteiger partial charge in [0.05, 0.1) is 29.9 Å². The third kappa shape index (κ3) is 4.81. The maximum absolute atomic E-state index is 12.4. The van der Waals surface area contributed by atoms with E-state index in [0.717, 1.165) is 10.5 Å². The van der Waals surface area contributed by atoms with Gasteiger partial charge in [0.15, 0.2) is 12.4 Å². The van der Waals surface area contributed by atoms with Crippen LogP contribution in [0.25, 0.3) is 10.9 Å². The second-order valence-electron chi connectivity index (χ2n) is 6.57. The van der Waals surface area contributed by atoms with E-state index in [0.29, 0.717) is 41.9 Å². The zero-order valence-electron chi connectivity index (χ0n) is 15.7. The molecule has 1 aromatic heterocycles.